The molecule has 7 heteroatoms. The Kier molecular flexibility index (Phi) is 4.81. The molecule has 2 rings (SSSR count). The minimum Gasteiger partial charge on any atom is -0.465 e. The summed E-state index contributed by atoms with van der Waals surface area (Å²) in [6.07, 6.45) is 3.60. The normalized spacial score (nSPS) is 10.2. The van der Waals surface area contributed by atoms with Crippen molar-refractivity contribution in [3.05, 3.63) is 41.0 Å². The Morgan fingerprint density at radius 1 is 1.40 bits per heavy atom. The van der Waals surface area contributed by atoms with Crippen molar-refractivity contribution in [3.8, 4) is 0 Å². The van der Waals surface area contributed by atoms with Gasteiger partial charge in [-0.1, -0.05) is 11.6 Å². The second-order valence-electron chi connectivity index (χ2n) is 3.73. The zero-order valence-corrected chi connectivity index (χ0v) is 12.5. The van der Waals surface area contributed by atoms with Crippen LogP contribution in [0.4, 0.5) is 11.6 Å². The van der Waals surface area contributed by atoms with Crippen LogP contribution in [-0.2, 0) is 4.74 Å². The molecule has 0 bridgehead atoms. The number of aromatic nitrogens is 2. The van der Waals surface area contributed by atoms with Gasteiger partial charge >= 0.3 is 5.97 Å². The highest BCUT2D eigenvalue weighted by Gasteiger charge is 2.11. The van der Waals surface area contributed by atoms with Crippen LogP contribution in [0.3, 0.4) is 0 Å². The summed E-state index contributed by atoms with van der Waals surface area (Å²) < 4.78 is 4.67. The summed E-state index contributed by atoms with van der Waals surface area (Å²) in [6.45, 7) is 0. The Bertz CT molecular complexity index is 637. The first kappa shape index (κ1) is 14.6. The highest BCUT2D eigenvalue weighted by Crippen LogP contribution is 2.23. The van der Waals surface area contributed by atoms with Crippen LogP contribution < -0.4 is 5.32 Å². The molecule has 0 aliphatic rings. The number of thioether (sulfide) groups is 1. The molecule has 0 saturated heterocycles. The van der Waals surface area contributed by atoms with E-state index in [1.165, 1.54) is 18.9 Å². The summed E-state index contributed by atoms with van der Waals surface area (Å²) in [7, 11) is 1.31. The van der Waals surface area contributed by atoms with E-state index in [0.29, 0.717) is 22.2 Å². The molecule has 104 valence electrons. The Morgan fingerprint density at radius 3 is 2.90 bits per heavy atom. The van der Waals surface area contributed by atoms with Crippen LogP contribution in [0.2, 0.25) is 5.02 Å². The van der Waals surface area contributed by atoms with Gasteiger partial charge in [-0.05, 0) is 30.5 Å². The molecule has 1 aromatic heterocycles. The van der Waals surface area contributed by atoms with Crippen LogP contribution >= 0.6 is 23.4 Å². The Hall–Kier alpha value is -1.79. The quantitative estimate of drug-likeness (QED) is 0.530. The standard InChI is InChI=1S/C13H12ClN3O2S/c1-19-12(18)9-7-8(3-4-10(9)14)16-13-15-6-5-11(17-13)20-2/h3-7H,1-2H3,(H,15,16,17). The fraction of sp³-hybridized carbons (Fsp3) is 0.154. The van der Waals surface area contributed by atoms with Crippen molar-refractivity contribution < 1.29 is 9.53 Å². The molecule has 0 unspecified atom stereocenters. The van der Waals surface area contributed by atoms with Gasteiger partial charge in [0.2, 0.25) is 5.95 Å². The van der Waals surface area contributed by atoms with E-state index in [4.69, 9.17) is 11.6 Å². The van der Waals surface area contributed by atoms with Crippen LogP contribution in [-0.4, -0.2) is 29.3 Å². The van der Waals surface area contributed by atoms with Gasteiger partial charge in [0.15, 0.2) is 0 Å². The average molecular weight is 310 g/mol. The van der Waals surface area contributed by atoms with E-state index in [9.17, 15) is 4.79 Å². The number of hydrogen-bond donors (Lipinski definition) is 1. The van der Waals surface area contributed by atoms with Gasteiger partial charge in [0, 0.05) is 11.9 Å². The minimum atomic E-state index is -0.488. The lowest BCUT2D eigenvalue weighted by molar-refractivity contribution is 0.0601. The molecular formula is C13H12ClN3O2S. The van der Waals surface area contributed by atoms with Gasteiger partial charge in [-0.2, -0.15) is 0 Å². The maximum absolute atomic E-state index is 11.6. The molecule has 20 heavy (non-hydrogen) atoms. The first-order valence-corrected chi connectivity index (χ1v) is 7.26. The van der Waals surface area contributed by atoms with E-state index in [1.54, 1.807) is 24.4 Å². The molecule has 0 fully saturated rings. The summed E-state index contributed by atoms with van der Waals surface area (Å²) in [5, 5.41) is 4.21. The molecule has 5 nitrogen and oxygen atoms in total. The van der Waals surface area contributed by atoms with Crippen molar-refractivity contribution in [1.29, 1.82) is 0 Å². The van der Waals surface area contributed by atoms with Crippen LogP contribution in [0.15, 0.2) is 35.5 Å². The van der Waals surface area contributed by atoms with Gasteiger partial charge < -0.3 is 10.1 Å². The van der Waals surface area contributed by atoms with E-state index >= 15 is 0 Å². The van der Waals surface area contributed by atoms with Crippen molar-refractivity contribution in [2.75, 3.05) is 18.7 Å². The van der Waals surface area contributed by atoms with Crippen LogP contribution in [0, 0.1) is 0 Å². The lowest BCUT2D eigenvalue weighted by Gasteiger charge is -2.08. The molecule has 0 aliphatic heterocycles. The van der Waals surface area contributed by atoms with Crippen molar-refractivity contribution in [2.24, 2.45) is 0 Å². The van der Waals surface area contributed by atoms with Crippen LogP contribution in [0.5, 0.6) is 0 Å². The third kappa shape index (κ3) is 3.40. The Labute approximate surface area is 125 Å². The second kappa shape index (κ2) is 6.58. The lowest BCUT2D eigenvalue weighted by atomic mass is 10.2. The third-order valence-corrected chi connectivity index (χ3v) is 3.44. The van der Waals surface area contributed by atoms with Crippen molar-refractivity contribution >= 4 is 41.0 Å². The number of anilines is 2. The maximum atomic E-state index is 11.6. The van der Waals surface area contributed by atoms with Gasteiger partial charge in [0.25, 0.3) is 0 Å². The molecule has 0 amide bonds. The summed E-state index contributed by atoms with van der Waals surface area (Å²) in [5.41, 5.74) is 0.952. The lowest BCUT2D eigenvalue weighted by Crippen LogP contribution is -2.04. The number of esters is 1. The minimum absolute atomic E-state index is 0.292. The highest BCUT2D eigenvalue weighted by atomic mass is 35.5. The van der Waals surface area contributed by atoms with E-state index in [2.05, 4.69) is 20.0 Å². The number of rotatable bonds is 4. The summed E-state index contributed by atoms with van der Waals surface area (Å²) in [4.78, 5) is 20.0. The van der Waals surface area contributed by atoms with E-state index in [1.807, 2.05) is 12.3 Å². The summed E-state index contributed by atoms with van der Waals surface area (Å²) in [6, 6.07) is 6.78. The van der Waals surface area contributed by atoms with Crippen molar-refractivity contribution in [2.45, 2.75) is 5.03 Å². The van der Waals surface area contributed by atoms with Gasteiger partial charge in [-0.3, -0.25) is 0 Å². The third-order valence-electron chi connectivity index (χ3n) is 2.47. The highest BCUT2D eigenvalue weighted by molar-refractivity contribution is 7.98. The van der Waals surface area contributed by atoms with Crippen molar-refractivity contribution in [3.63, 3.8) is 0 Å². The van der Waals surface area contributed by atoms with Gasteiger partial charge in [0.05, 0.1) is 17.7 Å². The van der Waals surface area contributed by atoms with E-state index in [-0.39, 0.29) is 0 Å². The number of methoxy groups -OCH3 is 1. The number of carbonyl (C=O) groups is 1. The summed E-state index contributed by atoms with van der Waals surface area (Å²) in [5.74, 6) is -0.0348. The largest absolute Gasteiger partial charge is 0.465 e. The first-order chi connectivity index (χ1) is 9.63. The van der Waals surface area contributed by atoms with E-state index in [0.717, 1.165) is 5.03 Å². The molecular weight excluding hydrogens is 298 g/mol. The van der Waals surface area contributed by atoms with Crippen LogP contribution in [0.1, 0.15) is 10.4 Å². The van der Waals surface area contributed by atoms with E-state index < -0.39 is 5.97 Å². The van der Waals surface area contributed by atoms with Crippen molar-refractivity contribution in [1.82, 2.24) is 9.97 Å². The SMILES string of the molecule is COC(=O)c1cc(Nc2nccc(SC)n2)ccc1Cl. The van der Waals surface area contributed by atoms with Crippen LogP contribution in [0.25, 0.3) is 0 Å². The number of nitrogens with zero attached hydrogens (tertiary/aromatic N) is 2. The van der Waals surface area contributed by atoms with Gasteiger partial charge in [-0.15, -0.1) is 11.8 Å². The average Bonchev–Trinajstić information content (AvgIpc) is 2.48. The number of benzene rings is 1. The second-order valence-corrected chi connectivity index (χ2v) is 4.97. The molecule has 1 heterocycles. The fourth-order valence-electron chi connectivity index (χ4n) is 1.51. The number of ether oxygens (including phenoxy) is 1. The molecule has 0 spiro atoms. The number of hydrogen-bond acceptors (Lipinski definition) is 6. The summed E-state index contributed by atoms with van der Waals surface area (Å²) >= 11 is 7.48. The maximum Gasteiger partial charge on any atom is 0.339 e. The molecule has 2 aromatic rings. The smallest absolute Gasteiger partial charge is 0.339 e. The molecule has 0 radical (unpaired) electrons. The predicted octanol–water partition coefficient (Wildman–Crippen LogP) is 3.38. The Morgan fingerprint density at radius 2 is 2.20 bits per heavy atom. The fourth-order valence-corrected chi connectivity index (χ4v) is 2.08. The zero-order valence-electron chi connectivity index (χ0n) is 10.9. The number of carbonyl (C=O) groups excluding carboxylic acids is 1. The molecule has 1 aromatic carbocycles. The first-order valence-electron chi connectivity index (χ1n) is 5.66. The number of halogens is 1. The molecule has 0 atom stereocenters. The molecule has 0 saturated carbocycles. The topological polar surface area (TPSA) is 64.1 Å². The monoisotopic (exact) mass is 309 g/mol. The molecule has 1 N–H and O–H groups in total. The number of nitrogens with one attached hydrogen (secondary N) is 1. The van der Waals surface area contributed by atoms with Gasteiger partial charge in [-0.25, -0.2) is 14.8 Å². The Balaban J connectivity index is 2.27. The van der Waals surface area contributed by atoms with Gasteiger partial charge in [0.1, 0.15) is 5.03 Å². The molecule has 0 aliphatic carbocycles. The zero-order chi connectivity index (χ0) is 14.5. The predicted molar refractivity (Wildman–Crippen MR) is 79.9 cm³/mol.